The predicted octanol–water partition coefficient (Wildman–Crippen LogP) is 3.06. The summed E-state index contributed by atoms with van der Waals surface area (Å²) in [4.78, 5) is 33.8. The third kappa shape index (κ3) is 4.17. The van der Waals surface area contributed by atoms with E-state index in [0.717, 1.165) is 36.3 Å². The van der Waals surface area contributed by atoms with Crippen molar-refractivity contribution in [2.24, 2.45) is 5.92 Å². The van der Waals surface area contributed by atoms with Gasteiger partial charge >= 0.3 is 0 Å². The maximum atomic E-state index is 13.1. The van der Waals surface area contributed by atoms with Crippen molar-refractivity contribution < 1.29 is 14.1 Å². The molecule has 0 atom stereocenters. The Bertz CT molecular complexity index is 882. The summed E-state index contributed by atoms with van der Waals surface area (Å²) >= 11 is 1.52. The summed E-state index contributed by atoms with van der Waals surface area (Å²) in [5.41, 5.74) is 2.52. The Morgan fingerprint density at radius 3 is 2.52 bits per heavy atom. The van der Waals surface area contributed by atoms with Crippen LogP contribution in [0.2, 0.25) is 0 Å². The van der Waals surface area contributed by atoms with Gasteiger partial charge in [0, 0.05) is 49.6 Å². The fourth-order valence-corrected chi connectivity index (χ4v) is 4.87. The van der Waals surface area contributed by atoms with Gasteiger partial charge in [-0.3, -0.25) is 9.59 Å². The molecule has 2 amide bonds. The SMILES string of the molecule is Cc1noc(C)c1CSc1ncccc1C(=O)N1CCN(C(=O)C2CCC2)CC1. The lowest BCUT2D eigenvalue weighted by atomic mass is 9.84. The van der Waals surface area contributed by atoms with E-state index in [4.69, 9.17) is 4.52 Å². The van der Waals surface area contributed by atoms with Gasteiger partial charge in [-0.1, -0.05) is 11.6 Å². The zero-order valence-electron chi connectivity index (χ0n) is 16.9. The Morgan fingerprint density at radius 1 is 1.17 bits per heavy atom. The zero-order valence-corrected chi connectivity index (χ0v) is 17.7. The van der Waals surface area contributed by atoms with Gasteiger partial charge in [0.1, 0.15) is 10.8 Å². The smallest absolute Gasteiger partial charge is 0.256 e. The number of amides is 2. The molecule has 2 aliphatic rings. The summed E-state index contributed by atoms with van der Waals surface area (Å²) in [6.45, 7) is 6.18. The molecule has 0 unspecified atom stereocenters. The van der Waals surface area contributed by atoms with Crippen LogP contribution < -0.4 is 0 Å². The number of nitrogens with zero attached hydrogens (tertiary/aromatic N) is 4. The first-order chi connectivity index (χ1) is 14.0. The molecule has 1 saturated heterocycles. The van der Waals surface area contributed by atoms with Crippen LogP contribution >= 0.6 is 11.8 Å². The van der Waals surface area contributed by atoms with Gasteiger partial charge in [0.05, 0.1) is 11.3 Å². The van der Waals surface area contributed by atoms with E-state index in [-0.39, 0.29) is 17.7 Å². The first-order valence-electron chi connectivity index (χ1n) is 10.1. The predicted molar refractivity (Wildman–Crippen MR) is 110 cm³/mol. The minimum absolute atomic E-state index is 0.0184. The monoisotopic (exact) mass is 414 g/mol. The molecule has 29 heavy (non-hydrogen) atoms. The molecule has 154 valence electrons. The highest BCUT2D eigenvalue weighted by molar-refractivity contribution is 7.98. The van der Waals surface area contributed by atoms with Crippen molar-refractivity contribution in [2.75, 3.05) is 26.2 Å². The highest BCUT2D eigenvalue weighted by Crippen LogP contribution is 2.30. The van der Waals surface area contributed by atoms with Crippen molar-refractivity contribution in [1.82, 2.24) is 19.9 Å². The molecule has 1 saturated carbocycles. The summed E-state index contributed by atoms with van der Waals surface area (Å²) < 4.78 is 5.22. The molecule has 1 aliphatic carbocycles. The van der Waals surface area contributed by atoms with E-state index in [9.17, 15) is 9.59 Å². The van der Waals surface area contributed by atoms with Crippen molar-refractivity contribution >= 4 is 23.6 Å². The number of aryl methyl sites for hydroxylation is 2. The first kappa shape index (κ1) is 19.9. The summed E-state index contributed by atoms with van der Waals surface area (Å²) in [6, 6.07) is 3.63. The Labute approximate surface area is 174 Å². The van der Waals surface area contributed by atoms with Crippen LogP contribution in [0.15, 0.2) is 27.9 Å². The lowest BCUT2D eigenvalue weighted by Crippen LogP contribution is -2.52. The number of carbonyl (C=O) groups is 2. The second kappa shape index (κ2) is 8.57. The van der Waals surface area contributed by atoms with Crippen LogP contribution in [-0.4, -0.2) is 57.9 Å². The average Bonchev–Trinajstić information content (AvgIpc) is 3.02. The quantitative estimate of drug-likeness (QED) is 0.700. The third-order valence-electron chi connectivity index (χ3n) is 5.87. The number of carbonyl (C=O) groups excluding carboxylic acids is 2. The molecule has 3 heterocycles. The lowest BCUT2D eigenvalue weighted by Gasteiger charge is -2.38. The van der Waals surface area contributed by atoms with Crippen LogP contribution in [0.5, 0.6) is 0 Å². The molecule has 0 radical (unpaired) electrons. The van der Waals surface area contributed by atoms with Crippen molar-refractivity contribution in [3.8, 4) is 0 Å². The van der Waals surface area contributed by atoms with Crippen molar-refractivity contribution in [1.29, 1.82) is 0 Å². The van der Waals surface area contributed by atoms with Gasteiger partial charge < -0.3 is 14.3 Å². The maximum absolute atomic E-state index is 13.1. The lowest BCUT2D eigenvalue weighted by molar-refractivity contribution is -0.139. The molecule has 0 bridgehead atoms. The van der Waals surface area contributed by atoms with E-state index in [1.807, 2.05) is 29.7 Å². The number of rotatable bonds is 5. The largest absolute Gasteiger partial charge is 0.361 e. The van der Waals surface area contributed by atoms with Crippen LogP contribution in [0.25, 0.3) is 0 Å². The number of hydrogen-bond acceptors (Lipinski definition) is 6. The Hall–Kier alpha value is -2.35. The second-order valence-electron chi connectivity index (χ2n) is 7.69. The van der Waals surface area contributed by atoms with Gasteiger partial charge in [0.15, 0.2) is 0 Å². The molecule has 8 heteroatoms. The number of aromatic nitrogens is 2. The molecule has 2 aromatic rings. The van der Waals surface area contributed by atoms with Crippen molar-refractivity contribution in [3.05, 3.63) is 40.9 Å². The van der Waals surface area contributed by atoms with Crippen LogP contribution in [0.4, 0.5) is 0 Å². The van der Waals surface area contributed by atoms with Gasteiger partial charge in [-0.15, -0.1) is 11.8 Å². The molecule has 1 aliphatic heterocycles. The Kier molecular flexibility index (Phi) is 5.89. The zero-order chi connectivity index (χ0) is 20.4. The van der Waals surface area contributed by atoms with E-state index in [1.54, 1.807) is 12.3 Å². The molecular weight excluding hydrogens is 388 g/mol. The van der Waals surface area contributed by atoms with E-state index < -0.39 is 0 Å². The fourth-order valence-electron chi connectivity index (χ4n) is 3.73. The average molecular weight is 415 g/mol. The molecule has 2 fully saturated rings. The van der Waals surface area contributed by atoms with Gasteiger partial charge in [-0.2, -0.15) is 0 Å². The van der Waals surface area contributed by atoms with Crippen molar-refractivity contribution in [2.45, 2.75) is 43.9 Å². The van der Waals surface area contributed by atoms with E-state index >= 15 is 0 Å². The molecule has 0 aromatic carbocycles. The van der Waals surface area contributed by atoms with E-state index in [1.165, 1.54) is 11.8 Å². The summed E-state index contributed by atoms with van der Waals surface area (Å²) in [5, 5.41) is 4.70. The first-order valence-corrected chi connectivity index (χ1v) is 11.1. The van der Waals surface area contributed by atoms with Crippen LogP contribution in [0.3, 0.4) is 0 Å². The molecule has 2 aromatic heterocycles. The highest BCUT2D eigenvalue weighted by Gasteiger charge is 2.32. The third-order valence-corrected chi connectivity index (χ3v) is 6.90. The summed E-state index contributed by atoms with van der Waals surface area (Å²) in [6.07, 6.45) is 4.89. The van der Waals surface area contributed by atoms with Gasteiger partial charge in [0.25, 0.3) is 5.91 Å². The molecule has 7 nitrogen and oxygen atoms in total. The molecule has 0 spiro atoms. The van der Waals surface area contributed by atoms with Crippen molar-refractivity contribution in [3.63, 3.8) is 0 Å². The standard InChI is InChI=1S/C21H26N4O3S/c1-14-18(15(2)28-23-14)13-29-19-17(7-4-8-22-19)21(27)25-11-9-24(10-12-25)20(26)16-5-3-6-16/h4,7-8,16H,3,5-6,9-13H2,1-2H3. The summed E-state index contributed by atoms with van der Waals surface area (Å²) in [5.74, 6) is 1.91. The maximum Gasteiger partial charge on any atom is 0.256 e. The minimum Gasteiger partial charge on any atom is -0.361 e. The molecular formula is C21H26N4O3S. The Morgan fingerprint density at radius 2 is 1.90 bits per heavy atom. The number of hydrogen-bond donors (Lipinski definition) is 0. The number of pyridine rings is 1. The highest BCUT2D eigenvalue weighted by atomic mass is 32.2. The minimum atomic E-state index is -0.0184. The second-order valence-corrected chi connectivity index (χ2v) is 8.66. The summed E-state index contributed by atoms with van der Waals surface area (Å²) in [7, 11) is 0. The molecule has 0 N–H and O–H groups in total. The normalized spacial score (nSPS) is 17.3. The van der Waals surface area contributed by atoms with Gasteiger partial charge in [0.2, 0.25) is 5.91 Å². The number of piperazine rings is 1. The topological polar surface area (TPSA) is 79.5 Å². The van der Waals surface area contributed by atoms with E-state index in [0.29, 0.717) is 42.5 Å². The Balaban J connectivity index is 1.39. The van der Waals surface area contributed by atoms with Crippen LogP contribution in [0.1, 0.15) is 46.6 Å². The fraction of sp³-hybridized carbons (Fsp3) is 0.524. The molecule has 4 rings (SSSR count). The van der Waals surface area contributed by atoms with Crippen LogP contribution in [-0.2, 0) is 10.5 Å². The van der Waals surface area contributed by atoms with Crippen LogP contribution in [0, 0.1) is 19.8 Å². The van der Waals surface area contributed by atoms with E-state index in [2.05, 4.69) is 10.1 Å². The number of thioether (sulfide) groups is 1. The van der Waals surface area contributed by atoms with Gasteiger partial charge in [-0.05, 0) is 38.8 Å². The van der Waals surface area contributed by atoms with Gasteiger partial charge in [-0.25, -0.2) is 4.98 Å².